The lowest BCUT2D eigenvalue weighted by molar-refractivity contribution is 0.429. The van der Waals surface area contributed by atoms with Crippen LogP contribution in [0.4, 0.5) is 5.69 Å². The van der Waals surface area contributed by atoms with E-state index in [0.717, 1.165) is 5.03 Å². The van der Waals surface area contributed by atoms with Crippen molar-refractivity contribution in [3.63, 3.8) is 0 Å². The maximum atomic E-state index is 5.50. The van der Waals surface area contributed by atoms with Gasteiger partial charge >= 0.3 is 0 Å². The third-order valence-corrected chi connectivity index (χ3v) is 2.25. The molecule has 0 amide bonds. The van der Waals surface area contributed by atoms with Crippen molar-refractivity contribution in [2.75, 3.05) is 5.73 Å². The summed E-state index contributed by atoms with van der Waals surface area (Å²) in [6.07, 6.45) is 1.59. The molecule has 0 atom stereocenters. The number of aryl methyl sites for hydroxylation is 1. The fourth-order valence-corrected chi connectivity index (χ4v) is 1.53. The molecule has 0 aliphatic carbocycles. The maximum Gasteiger partial charge on any atom is 0.282 e. The quantitative estimate of drug-likeness (QED) is 0.805. The minimum absolute atomic E-state index is 0.486. The second-order valence-electron chi connectivity index (χ2n) is 2.62. The molecule has 0 aromatic carbocycles. The molecule has 0 fully saturated rings. The Bertz CT molecular complexity index is 425. The van der Waals surface area contributed by atoms with Crippen molar-refractivity contribution in [3.8, 4) is 0 Å². The Hall–Kier alpha value is -1.56. The van der Waals surface area contributed by atoms with E-state index in [9.17, 15) is 0 Å². The van der Waals surface area contributed by atoms with Gasteiger partial charge in [-0.1, -0.05) is 0 Å². The van der Waals surface area contributed by atoms with Crippen molar-refractivity contribution in [1.29, 1.82) is 0 Å². The molecule has 0 saturated heterocycles. The maximum absolute atomic E-state index is 5.50. The molecule has 14 heavy (non-hydrogen) atoms. The highest BCUT2D eigenvalue weighted by Gasteiger charge is 2.05. The highest BCUT2D eigenvalue weighted by Crippen LogP contribution is 2.24. The number of nitrogens with zero attached hydrogens (tertiary/aromatic N) is 3. The van der Waals surface area contributed by atoms with Crippen molar-refractivity contribution < 1.29 is 4.42 Å². The van der Waals surface area contributed by atoms with E-state index in [4.69, 9.17) is 10.2 Å². The molecule has 2 N–H and O–H groups in total. The molecule has 0 radical (unpaired) electrons. The Morgan fingerprint density at radius 2 is 2.21 bits per heavy atom. The van der Waals surface area contributed by atoms with Gasteiger partial charge < -0.3 is 10.2 Å². The number of rotatable bonds is 2. The summed E-state index contributed by atoms with van der Waals surface area (Å²) in [7, 11) is 0. The minimum Gasteiger partial charge on any atom is -0.416 e. The molecule has 2 rings (SSSR count). The van der Waals surface area contributed by atoms with Crippen LogP contribution in [0.2, 0.25) is 0 Å². The summed E-state index contributed by atoms with van der Waals surface area (Å²) in [5, 5.41) is 8.82. The van der Waals surface area contributed by atoms with Crippen molar-refractivity contribution in [3.05, 3.63) is 24.2 Å². The number of nitrogen functional groups attached to an aromatic ring is 1. The first-order chi connectivity index (χ1) is 6.74. The summed E-state index contributed by atoms with van der Waals surface area (Å²) in [6.45, 7) is 1.74. The van der Waals surface area contributed by atoms with E-state index in [1.165, 1.54) is 11.8 Å². The smallest absolute Gasteiger partial charge is 0.282 e. The summed E-state index contributed by atoms with van der Waals surface area (Å²) >= 11 is 1.31. The van der Waals surface area contributed by atoms with Gasteiger partial charge in [-0.2, -0.15) is 0 Å². The van der Waals surface area contributed by atoms with E-state index in [2.05, 4.69) is 15.2 Å². The van der Waals surface area contributed by atoms with Crippen molar-refractivity contribution in [2.24, 2.45) is 0 Å². The highest BCUT2D eigenvalue weighted by molar-refractivity contribution is 7.99. The normalized spacial score (nSPS) is 10.4. The zero-order valence-electron chi connectivity index (χ0n) is 7.47. The van der Waals surface area contributed by atoms with Crippen LogP contribution in [-0.4, -0.2) is 15.2 Å². The van der Waals surface area contributed by atoms with Gasteiger partial charge in [-0.3, -0.25) is 0 Å². The first kappa shape index (κ1) is 9.01. The Balaban J connectivity index is 2.15. The molecule has 0 aliphatic heterocycles. The zero-order chi connectivity index (χ0) is 9.97. The van der Waals surface area contributed by atoms with Crippen LogP contribution in [0.5, 0.6) is 0 Å². The molecule has 6 heteroatoms. The summed E-state index contributed by atoms with van der Waals surface area (Å²) in [5.41, 5.74) is 6.14. The van der Waals surface area contributed by atoms with Crippen LogP contribution in [-0.2, 0) is 0 Å². The number of pyridine rings is 1. The average molecular weight is 208 g/mol. The monoisotopic (exact) mass is 208 g/mol. The summed E-state index contributed by atoms with van der Waals surface area (Å²) in [4.78, 5) is 4.09. The largest absolute Gasteiger partial charge is 0.416 e. The molecule has 0 aliphatic rings. The van der Waals surface area contributed by atoms with Gasteiger partial charge in [-0.25, -0.2) is 4.98 Å². The first-order valence-corrected chi connectivity index (χ1v) is 4.75. The lowest BCUT2D eigenvalue weighted by Gasteiger charge is -1.95. The molecule has 0 unspecified atom stereocenters. The highest BCUT2D eigenvalue weighted by atomic mass is 32.2. The number of nitrogens with two attached hydrogens (primary N) is 1. The summed E-state index contributed by atoms with van der Waals surface area (Å²) in [6, 6.07) is 3.58. The standard InChI is InChI=1S/C8H8N4OS/c1-5-11-12-8(13-5)14-7-3-2-6(9)4-10-7/h2-4H,9H2,1H3. The van der Waals surface area contributed by atoms with Crippen LogP contribution in [0, 0.1) is 6.92 Å². The van der Waals surface area contributed by atoms with E-state index in [1.807, 2.05) is 0 Å². The average Bonchev–Trinajstić information content (AvgIpc) is 2.56. The molecule has 2 aromatic heterocycles. The van der Waals surface area contributed by atoms with Crippen LogP contribution in [0.3, 0.4) is 0 Å². The topological polar surface area (TPSA) is 77.8 Å². The van der Waals surface area contributed by atoms with Crippen molar-refractivity contribution >= 4 is 17.4 Å². The summed E-state index contributed by atoms with van der Waals surface area (Å²) < 4.78 is 5.19. The van der Waals surface area contributed by atoms with Gasteiger partial charge in [0.1, 0.15) is 5.03 Å². The number of anilines is 1. The zero-order valence-corrected chi connectivity index (χ0v) is 8.28. The Morgan fingerprint density at radius 1 is 1.36 bits per heavy atom. The Kier molecular flexibility index (Phi) is 2.36. The van der Waals surface area contributed by atoms with Gasteiger partial charge in [0.2, 0.25) is 5.89 Å². The van der Waals surface area contributed by atoms with Crippen LogP contribution in [0.15, 0.2) is 33.0 Å². The van der Waals surface area contributed by atoms with E-state index < -0.39 is 0 Å². The predicted molar refractivity (Wildman–Crippen MR) is 51.8 cm³/mol. The van der Waals surface area contributed by atoms with Gasteiger partial charge in [0.15, 0.2) is 0 Å². The number of hydrogen-bond acceptors (Lipinski definition) is 6. The van der Waals surface area contributed by atoms with Gasteiger partial charge in [-0.15, -0.1) is 10.2 Å². The molecule has 2 aromatic rings. The van der Waals surface area contributed by atoms with Crippen LogP contribution >= 0.6 is 11.8 Å². The minimum atomic E-state index is 0.486. The van der Waals surface area contributed by atoms with Gasteiger partial charge in [0.05, 0.1) is 11.9 Å². The van der Waals surface area contributed by atoms with Gasteiger partial charge in [-0.05, 0) is 23.9 Å². The van der Waals surface area contributed by atoms with Crippen LogP contribution in [0.25, 0.3) is 0 Å². The third-order valence-electron chi connectivity index (χ3n) is 1.46. The van der Waals surface area contributed by atoms with E-state index >= 15 is 0 Å². The fraction of sp³-hybridized carbons (Fsp3) is 0.125. The van der Waals surface area contributed by atoms with Crippen LogP contribution in [0.1, 0.15) is 5.89 Å². The molecule has 5 nitrogen and oxygen atoms in total. The third kappa shape index (κ3) is 2.02. The van der Waals surface area contributed by atoms with E-state index in [1.54, 1.807) is 25.3 Å². The van der Waals surface area contributed by atoms with Gasteiger partial charge in [0.25, 0.3) is 5.22 Å². The lowest BCUT2D eigenvalue weighted by Crippen LogP contribution is -1.86. The Morgan fingerprint density at radius 3 is 2.79 bits per heavy atom. The number of aromatic nitrogens is 3. The van der Waals surface area contributed by atoms with E-state index in [-0.39, 0.29) is 0 Å². The predicted octanol–water partition coefficient (Wildman–Crippen LogP) is 1.51. The van der Waals surface area contributed by atoms with Crippen molar-refractivity contribution in [1.82, 2.24) is 15.2 Å². The molecule has 0 saturated carbocycles. The fourth-order valence-electron chi connectivity index (χ4n) is 0.861. The second kappa shape index (κ2) is 3.67. The molecule has 2 heterocycles. The first-order valence-electron chi connectivity index (χ1n) is 3.93. The molecule has 0 spiro atoms. The van der Waals surface area contributed by atoms with Crippen LogP contribution < -0.4 is 5.73 Å². The number of hydrogen-bond donors (Lipinski definition) is 1. The van der Waals surface area contributed by atoms with Crippen molar-refractivity contribution in [2.45, 2.75) is 17.2 Å². The van der Waals surface area contributed by atoms with E-state index in [0.29, 0.717) is 16.8 Å². The molecule has 72 valence electrons. The van der Waals surface area contributed by atoms with Gasteiger partial charge in [0, 0.05) is 6.92 Å². The summed E-state index contributed by atoms with van der Waals surface area (Å²) in [5.74, 6) is 0.544. The second-order valence-corrected chi connectivity index (χ2v) is 3.59. The molecular weight excluding hydrogens is 200 g/mol. The lowest BCUT2D eigenvalue weighted by atomic mass is 10.4. The molecule has 0 bridgehead atoms. The molecular formula is C8H8N4OS. The SMILES string of the molecule is Cc1nnc(Sc2ccc(N)cn2)o1. The Labute approximate surface area is 84.7 Å².